The van der Waals surface area contributed by atoms with E-state index in [2.05, 4.69) is 15.6 Å². The van der Waals surface area contributed by atoms with Gasteiger partial charge in [-0.15, -0.1) is 23.7 Å². The van der Waals surface area contributed by atoms with Gasteiger partial charge in [0.1, 0.15) is 6.04 Å². The van der Waals surface area contributed by atoms with Crippen LogP contribution in [0.2, 0.25) is 0 Å². The van der Waals surface area contributed by atoms with E-state index in [1.54, 1.807) is 23.5 Å². The van der Waals surface area contributed by atoms with Gasteiger partial charge in [0.05, 0.1) is 12.3 Å². The number of benzene rings is 1. The molecule has 0 spiro atoms. The van der Waals surface area contributed by atoms with Crippen molar-refractivity contribution in [2.45, 2.75) is 13.0 Å². The molecule has 0 aliphatic heterocycles. The van der Waals surface area contributed by atoms with Crippen molar-refractivity contribution >= 4 is 46.2 Å². The van der Waals surface area contributed by atoms with Crippen LogP contribution in [0.4, 0.5) is 16.5 Å². The number of aryl methyl sites for hydroxylation is 1. The van der Waals surface area contributed by atoms with Gasteiger partial charge in [0.25, 0.3) is 0 Å². The molecule has 1 unspecified atom stereocenters. The van der Waals surface area contributed by atoms with E-state index >= 15 is 0 Å². The molecule has 2 aromatic rings. The van der Waals surface area contributed by atoms with Gasteiger partial charge in [-0.25, -0.2) is 4.98 Å². The Morgan fingerprint density at radius 3 is 2.55 bits per heavy atom. The first-order valence-electron chi connectivity index (χ1n) is 6.43. The monoisotopic (exact) mass is 342 g/mol. The second-order valence-corrected chi connectivity index (χ2v) is 5.41. The van der Waals surface area contributed by atoms with Crippen LogP contribution in [0.25, 0.3) is 0 Å². The van der Waals surface area contributed by atoms with Crippen molar-refractivity contribution in [1.82, 2.24) is 4.98 Å². The van der Waals surface area contributed by atoms with Crippen LogP contribution in [-0.2, 0) is 9.53 Å². The first kappa shape index (κ1) is 18.4. The number of aromatic nitrogens is 1. The first-order chi connectivity index (χ1) is 10.1. The highest BCUT2D eigenvalue weighted by Crippen LogP contribution is 2.21. The van der Waals surface area contributed by atoms with Gasteiger partial charge in [-0.05, 0) is 31.2 Å². The van der Waals surface area contributed by atoms with Gasteiger partial charge in [-0.1, -0.05) is 0 Å². The summed E-state index contributed by atoms with van der Waals surface area (Å²) < 4.78 is 4.85. The van der Waals surface area contributed by atoms with E-state index in [-0.39, 0.29) is 24.9 Å². The molecule has 22 heavy (non-hydrogen) atoms. The quantitative estimate of drug-likeness (QED) is 0.750. The molecule has 0 fully saturated rings. The van der Waals surface area contributed by atoms with Crippen molar-refractivity contribution in [3.05, 3.63) is 35.3 Å². The molecule has 0 saturated heterocycles. The summed E-state index contributed by atoms with van der Waals surface area (Å²) in [5, 5.41) is 8.75. The number of nitrogens with one attached hydrogen (secondary N) is 2. The van der Waals surface area contributed by atoms with Crippen LogP contribution >= 0.6 is 23.7 Å². The number of hydrogen-bond acceptors (Lipinski definition) is 6. The highest BCUT2D eigenvalue weighted by atomic mass is 35.5. The molecule has 1 amide bonds. The molecule has 1 atom stereocenters. The van der Waals surface area contributed by atoms with Crippen LogP contribution in [-0.4, -0.2) is 30.6 Å². The van der Waals surface area contributed by atoms with Crippen molar-refractivity contribution in [3.63, 3.8) is 0 Å². The lowest BCUT2D eigenvalue weighted by atomic mass is 10.2. The fourth-order valence-electron chi connectivity index (χ4n) is 1.66. The van der Waals surface area contributed by atoms with Crippen molar-refractivity contribution in [3.8, 4) is 0 Å². The number of hydrogen-bond donors (Lipinski definition) is 3. The van der Waals surface area contributed by atoms with E-state index in [1.807, 2.05) is 24.4 Å². The molecule has 8 heteroatoms. The maximum absolute atomic E-state index is 11.7. The minimum absolute atomic E-state index is 0. The molecule has 0 bridgehead atoms. The third-order valence-electron chi connectivity index (χ3n) is 2.71. The Labute approximate surface area is 139 Å². The number of nitrogens with zero attached hydrogens (tertiary/aromatic N) is 1. The number of carbonyl (C=O) groups is 1. The zero-order valence-corrected chi connectivity index (χ0v) is 14.0. The van der Waals surface area contributed by atoms with Gasteiger partial charge in [0.15, 0.2) is 5.13 Å². The van der Waals surface area contributed by atoms with Crippen LogP contribution in [0.1, 0.15) is 5.69 Å². The summed E-state index contributed by atoms with van der Waals surface area (Å²) in [6.07, 6.45) is 0. The summed E-state index contributed by atoms with van der Waals surface area (Å²) >= 11 is 1.55. The van der Waals surface area contributed by atoms with E-state index in [4.69, 9.17) is 10.5 Å². The van der Waals surface area contributed by atoms with Crippen molar-refractivity contribution in [1.29, 1.82) is 0 Å². The van der Waals surface area contributed by atoms with Crippen molar-refractivity contribution in [2.75, 3.05) is 24.4 Å². The maximum atomic E-state index is 11.7. The smallest absolute Gasteiger partial charge is 0.243 e. The lowest BCUT2D eigenvalue weighted by Crippen LogP contribution is -2.39. The topological polar surface area (TPSA) is 89.3 Å². The van der Waals surface area contributed by atoms with E-state index in [1.165, 1.54) is 7.11 Å². The number of methoxy groups -OCH3 is 1. The largest absolute Gasteiger partial charge is 0.383 e. The van der Waals surface area contributed by atoms with Gasteiger partial charge < -0.3 is 21.1 Å². The number of ether oxygens (including phenoxy) is 1. The summed E-state index contributed by atoms with van der Waals surface area (Å²) in [6.45, 7) is 2.14. The predicted octanol–water partition coefficient (Wildman–Crippen LogP) is 2.53. The molecule has 0 aliphatic carbocycles. The van der Waals surface area contributed by atoms with E-state index in [0.29, 0.717) is 5.69 Å². The normalized spacial score (nSPS) is 11.4. The van der Waals surface area contributed by atoms with Crippen LogP contribution in [0.3, 0.4) is 0 Å². The molecule has 0 aliphatic rings. The van der Waals surface area contributed by atoms with Crippen LogP contribution in [0.15, 0.2) is 29.6 Å². The molecular formula is C14H19ClN4O2S. The highest BCUT2D eigenvalue weighted by Gasteiger charge is 2.12. The molecule has 1 aromatic carbocycles. The summed E-state index contributed by atoms with van der Waals surface area (Å²) in [6, 6.07) is 6.68. The van der Waals surface area contributed by atoms with Gasteiger partial charge in [-0.3, -0.25) is 4.79 Å². The SMILES string of the molecule is COCC(N)C(=O)Nc1ccc(Nc2nc(C)cs2)cc1.Cl. The first-order valence-corrected chi connectivity index (χ1v) is 7.31. The number of thiazole rings is 1. The Bertz CT molecular complexity index is 603. The number of rotatable bonds is 6. The number of carbonyl (C=O) groups excluding carboxylic acids is 1. The minimum atomic E-state index is -0.675. The zero-order chi connectivity index (χ0) is 15.2. The molecule has 120 valence electrons. The lowest BCUT2D eigenvalue weighted by molar-refractivity contribution is -0.118. The van der Waals surface area contributed by atoms with E-state index in [9.17, 15) is 4.79 Å². The second-order valence-electron chi connectivity index (χ2n) is 4.55. The van der Waals surface area contributed by atoms with Crippen LogP contribution in [0, 0.1) is 6.92 Å². The average molecular weight is 343 g/mol. The van der Waals surface area contributed by atoms with E-state index < -0.39 is 6.04 Å². The Balaban J connectivity index is 0.00000242. The molecule has 6 nitrogen and oxygen atoms in total. The molecule has 2 rings (SSSR count). The molecule has 0 saturated carbocycles. The van der Waals surface area contributed by atoms with Crippen LogP contribution < -0.4 is 16.4 Å². The predicted molar refractivity (Wildman–Crippen MR) is 92.3 cm³/mol. The fourth-order valence-corrected chi connectivity index (χ4v) is 2.37. The summed E-state index contributed by atoms with van der Waals surface area (Å²) in [5.74, 6) is -0.270. The maximum Gasteiger partial charge on any atom is 0.243 e. The Morgan fingerprint density at radius 2 is 2.00 bits per heavy atom. The Morgan fingerprint density at radius 1 is 1.36 bits per heavy atom. The summed E-state index contributed by atoms with van der Waals surface area (Å²) in [4.78, 5) is 16.1. The molecule has 4 N–H and O–H groups in total. The zero-order valence-electron chi connectivity index (χ0n) is 12.3. The molecular weight excluding hydrogens is 324 g/mol. The van der Waals surface area contributed by atoms with Crippen LogP contribution in [0.5, 0.6) is 0 Å². The summed E-state index contributed by atoms with van der Waals surface area (Å²) in [5.41, 5.74) is 8.23. The molecule has 0 radical (unpaired) electrons. The highest BCUT2D eigenvalue weighted by molar-refractivity contribution is 7.13. The number of halogens is 1. The van der Waals surface area contributed by atoms with Crippen molar-refractivity contribution < 1.29 is 9.53 Å². The van der Waals surface area contributed by atoms with Gasteiger partial charge in [0.2, 0.25) is 5.91 Å². The standard InChI is InChI=1S/C14H18N4O2S.ClH/c1-9-8-21-14(16-9)18-11-5-3-10(4-6-11)17-13(19)12(15)7-20-2;/h3-6,8,12H,7,15H2,1-2H3,(H,16,18)(H,17,19);1H. The van der Waals surface area contributed by atoms with Crippen molar-refractivity contribution in [2.24, 2.45) is 5.73 Å². The Kier molecular flexibility index (Phi) is 7.26. The number of nitrogens with two attached hydrogens (primary N) is 1. The second kappa shape index (κ2) is 8.70. The fraction of sp³-hybridized carbons (Fsp3) is 0.286. The lowest BCUT2D eigenvalue weighted by Gasteiger charge is -2.11. The van der Waals surface area contributed by atoms with Gasteiger partial charge in [0, 0.05) is 23.9 Å². The molecule has 1 heterocycles. The third-order valence-corrected chi connectivity index (χ3v) is 3.58. The average Bonchev–Trinajstić information content (AvgIpc) is 2.86. The number of amides is 1. The van der Waals surface area contributed by atoms with Gasteiger partial charge >= 0.3 is 0 Å². The minimum Gasteiger partial charge on any atom is -0.383 e. The summed E-state index contributed by atoms with van der Waals surface area (Å²) in [7, 11) is 1.51. The Hall–Kier alpha value is -1.67. The number of anilines is 3. The molecule has 1 aromatic heterocycles. The van der Waals surface area contributed by atoms with E-state index in [0.717, 1.165) is 16.5 Å². The third kappa shape index (κ3) is 5.27. The van der Waals surface area contributed by atoms with Gasteiger partial charge in [-0.2, -0.15) is 0 Å².